The van der Waals surface area contributed by atoms with E-state index in [0.29, 0.717) is 0 Å². The number of hydrogen-bond acceptors (Lipinski definition) is 7. The number of thiol groups is 1. The molecule has 6 N–H and O–H groups in total. The fraction of sp³-hybridized carbons (Fsp3) is 0.500. The van der Waals surface area contributed by atoms with Crippen LogP contribution in [-0.2, 0) is 15.7 Å². The Balaban J connectivity index is 2.02. The SMILES string of the molecule is OC[C@H]1O[C@@H](n2cnc3c(O)ncnc32)[C@@H](O)[C@@H]1[SH]=P(O)(O)O. The van der Waals surface area contributed by atoms with Crippen LogP contribution in [0.2, 0.25) is 0 Å². The molecule has 0 amide bonds. The fourth-order valence-corrected chi connectivity index (χ4v) is 5.34. The summed E-state index contributed by atoms with van der Waals surface area (Å²) >= 11 is 0. The first-order chi connectivity index (χ1) is 10.8. The normalized spacial score (nSPS) is 28.6. The maximum absolute atomic E-state index is 10.4. The molecule has 1 aliphatic heterocycles. The van der Waals surface area contributed by atoms with E-state index in [2.05, 4.69) is 15.0 Å². The molecule has 0 aliphatic carbocycles. The van der Waals surface area contributed by atoms with Gasteiger partial charge in [0.25, 0.3) is 6.72 Å². The average molecular weight is 366 g/mol. The second-order valence-electron chi connectivity index (χ2n) is 4.90. The van der Waals surface area contributed by atoms with Crippen LogP contribution in [0.25, 0.3) is 11.2 Å². The minimum Gasteiger partial charge on any atom is -0.492 e. The monoisotopic (exact) mass is 366 g/mol. The number of imidazole rings is 1. The quantitative estimate of drug-likeness (QED) is 0.229. The Kier molecular flexibility index (Phi) is 4.42. The number of aromatic hydroxyl groups is 1. The predicted molar refractivity (Wildman–Crippen MR) is 80.1 cm³/mol. The zero-order valence-corrected chi connectivity index (χ0v) is 13.2. The lowest BCUT2D eigenvalue weighted by Crippen LogP contribution is -2.33. The van der Waals surface area contributed by atoms with Crippen molar-refractivity contribution in [2.24, 2.45) is 0 Å². The molecule has 0 saturated carbocycles. The van der Waals surface area contributed by atoms with Crippen LogP contribution in [0.5, 0.6) is 5.88 Å². The molecule has 0 aromatic carbocycles. The summed E-state index contributed by atoms with van der Waals surface area (Å²) in [5.74, 6) is -0.333. The van der Waals surface area contributed by atoms with Crippen molar-refractivity contribution in [2.45, 2.75) is 23.7 Å². The van der Waals surface area contributed by atoms with E-state index in [4.69, 9.17) is 4.74 Å². The van der Waals surface area contributed by atoms with E-state index in [-0.39, 0.29) is 28.0 Å². The topological polar surface area (TPSA) is 174 Å². The molecular formula is C10H15N4O7PS. The maximum Gasteiger partial charge on any atom is 0.274 e. The molecule has 0 radical (unpaired) electrons. The zero-order chi connectivity index (χ0) is 16.8. The van der Waals surface area contributed by atoms with E-state index in [1.54, 1.807) is 0 Å². The molecule has 3 rings (SSSR count). The van der Waals surface area contributed by atoms with Crippen LogP contribution in [0.3, 0.4) is 0 Å². The summed E-state index contributed by atoms with van der Waals surface area (Å²) in [7, 11) is -0.227. The summed E-state index contributed by atoms with van der Waals surface area (Å²) < 4.78 is 6.87. The lowest BCUT2D eigenvalue weighted by molar-refractivity contribution is -0.0486. The standard InChI is InChI=1S/C10H15N4O7PS/c15-1-4-7(23-22(18,19)20)6(16)10(21-4)14-3-13-5-8(14)11-2-12-9(5)17/h2-4,6-7,10,15-16,18-20,23H,1H2,(H,11,12,17)/t4-,6+,7-,10-/m1/s1. The molecule has 2 aromatic heterocycles. The third-order valence-corrected chi connectivity index (χ3v) is 6.36. The first-order valence-corrected chi connectivity index (χ1v) is 9.74. The van der Waals surface area contributed by atoms with Crippen molar-refractivity contribution in [3.63, 3.8) is 0 Å². The van der Waals surface area contributed by atoms with Crippen LogP contribution in [0.1, 0.15) is 6.23 Å². The highest BCUT2D eigenvalue weighted by Gasteiger charge is 2.44. The average Bonchev–Trinajstić information content (AvgIpc) is 3.01. The van der Waals surface area contributed by atoms with Gasteiger partial charge in [-0.2, -0.15) is 4.98 Å². The van der Waals surface area contributed by atoms with E-state index in [9.17, 15) is 30.0 Å². The molecule has 23 heavy (non-hydrogen) atoms. The van der Waals surface area contributed by atoms with Crippen LogP contribution in [0, 0.1) is 0 Å². The maximum atomic E-state index is 10.4. The highest BCUT2D eigenvalue weighted by atomic mass is 32.5. The van der Waals surface area contributed by atoms with E-state index >= 15 is 0 Å². The molecule has 0 bridgehead atoms. The van der Waals surface area contributed by atoms with Crippen molar-refractivity contribution in [1.82, 2.24) is 19.5 Å². The molecule has 1 fully saturated rings. The van der Waals surface area contributed by atoms with Gasteiger partial charge < -0.3 is 34.7 Å². The number of fused-ring (bicyclic) bond motifs is 1. The molecule has 4 atom stereocenters. The van der Waals surface area contributed by atoms with Crippen molar-refractivity contribution >= 4 is 28.8 Å². The molecular weight excluding hydrogens is 351 g/mol. The Morgan fingerprint density at radius 2 is 2.00 bits per heavy atom. The number of aliphatic hydroxyl groups is 2. The van der Waals surface area contributed by atoms with Gasteiger partial charge in [-0.3, -0.25) is 4.57 Å². The van der Waals surface area contributed by atoms with Crippen molar-refractivity contribution in [2.75, 3.05) is 6.61 Å². The van der Waals surface area contributed by atoms with Gasteiger partial charge in [0.15, 0.2) is 17.4 Å². The Hall–Kier alpha value is -1.11. The molecule has 1 saturated heterocycles. The molecule has 3 heterocycles. The molecule has 13 heteroatoms. The van der Waals surface area contributed by atoms with Crippen LogP contribution in [0.15, 0.2) is 12.7 Å². The van der Waals surface area contributed by atoms with Crippen molar-refractivity contribution in [3.05, 3.63) is 12.7 Å². The minimum atomic E-state index is -4.18. The molecule has 0 unspecified atom stereocenters. The van der Waals surface area contributed by atoms with Crippen LogP contribution < -0.4 is 0 Å². The number of aromatic nitrogens is 4. The third kappa shape index (κ3) is 3.12. The van der Waals surface area contributed by atoms with Gasteiger partial charge in [0.2, 0.25) is 5.88 Å². The predicted octanol–water partition coefficient (Wildman–Crippen LogP) is -2.38. The zero-order valence-electron chi connectivity index (χ0n) is 11.4. The first-order valence-electron chi connectivity index (χ1n) is 6.42. The largest absolute Gasteiger partial charge is 0.492 e. The Morgan fingerprint density at radius 3 is 2.65 bits per heavy atom. The number of rotatable bonds is 3. The second-order valence-corrected chi connectivity index (χ2v) is 9.11. The number of aliphatic hydroxyl groups excluding tert-OH is 2. The van der Waals surface area contributed by atoms with Gasteiger partial charge in [-0.05, 0) is 0 Å². The van der Waals surface area contributed by atoms with E-state index in [1.165, 1.54) is 10.9 Å². The van der Waals surface area contributed by atoms with Crippen LogP contribution >= 0.6 is 6.72 Å². The van der Waals surface area contributed by atoms with E-state index in [0.717, 1.165) is 6.33 Å². The van der Waals surface area contributed by atoms with E-state index < -0.39 is 37.0 Å². The van der Waals surface area contributed by atoms with Gasteiger partial charge in [0.1, 0.15) is 12.4 Å². The van der Waals surface area contributed by atoms with Gasteiger partial charge >= 0.3 is 0 Å². The highest BCUT2D eigenvalue weighted by Crippen LogP contribution is 2.39. The van der Waals surface area contributed by atoms with Gasteiger partial charge in [0.05, 0.1) is 24.3 Å². The highest BCUT2D eigenvalue weighted by molar-refractivity contribution is 8.16. The Labute approximate surface area is 132 Å². The second kappa shape index (κ2) is 6.07. The van der Waals surface area contributed by atoms with Crippen molar-refractivity contribution in [3.8, 4) is 5.88 Å². The third-order valence-electron chi connectivity index (χ3n) is 3.42. The smallest absolute Gasteiger partial charge is 0.274 e. The van der Waals surface area contributed by atoms with E-state index in [1.807, 2.05) is 0 Å². The lowest BCUT2D eigenvalue weighted by Gasteiger charge is -2.18. The first kappa shape index (κ1) is 16.7. The van der Waals surface area contributed by atoms with Crippen LogP contribution in [0.4, 0.5) is 0 Å². The van der Waals surface area contributed by atoms with Gasteiger partial charge in [-0.1, -0.05) is 0 Å². The molecule has 11 nitrogen and oxygen atoms in total. The summed E-state index contributed by atoms with van der Waals surface area (Å²) in [6.07, 6.45) is -0.831. The fourth-order valence-electron chi connectivity index (χ4n) is 2.46. The number of ether oxygens (including phenoxy) is 1. The summed E-state index contributed by atoms with van der Waals surface area (Å²) in [5.41, 5.74) is 0.312. The molecule has 2 aromatic rings. The number of hydrogen-bond donors (Lipinski definition) is 7. The molecule has 1 aliphatic rings. The van der Waals surface area contributed by atoms with Crippen molar-refractivity contribution in [1.29, 1.82) is 0 Å². The number of nitrogens with zero attached hydrogens (tertiary/aromatic N) is 4. The molecule has 0 spiro atoms. The van der Waals surface area contributed by atoms with Gasteiger partial charge in [0, 0.05) is 0 Å². The van der Waals surface area contributed by atoms with Crippen LogP contribution in [-0.4, -0.2) is 73.6 Å². The summed E-state index contributed by atoms with van der Waals surface area (Å²) in [6, 6.07) is 0. The van der Waals surface area contributed by atoms with Gasteiger partial charge in [-0.15, -0.1) is 10.9 Å². The lowest BCUT2D eigenvalue weighted by atomic mass is 10.2. The molecule has 128 valence electrons. The Bertz CT molecular complexity index is 771. The summed E-state index contributed by atoms with van der Waals surface area (Å²) in [4.78, 5) is 39.2. The Morgan fingerprint density at radius 1 is 1.26 bits per heavy atom. The summed E-state index contributed by atoms with van der Waals surface area (Å²) in [6.45, 7) is -4.67. The van der Waals surface area contributed by atoms with Gasteiger partial charge in [-0.25, -0.2) is 9.97 Å². The summed E-state index contributed by atoms with van der Waals surface area (Å²) in [5, 5.41) is 28.5. The minimum absolute atomic E-state index is 0.109. The van der Waals surface area contributed by atoms with Crippen molar-refractivity contribution < 1.29 is 34.7 Å².